The number of halogens is 1. The maximum atomic E-state index is 11.7. The average molecular weight is 230 g/mol. The van der Waals surface area contributed by atoms with Crippen molar-refractivity contribution in [3.05, 3.63) is 0 Å². The van der Waals surface area contributed by atoms with Gasteiger partial charge in [0.15, 0.2) is 5.17 Å². The van der Waals surface area contributed by atoms with E-state index in [0.29, 0.717) is 0 Å². The summed E-state index contributed by atoms with van der Waals surface area (Å²) in [4.78, 5) is 0. The molecule has 78 valence electrons. The molecular formula is C6H13ClNO4P. The average Bonchev–Trinajstić information content (AvgIpc) is 2.04. The van der Waals surface area contributed by atoms with Crippen LogP contribution >= 0.6 is 19.2 Å². The van der Waals surface area contributed by atoms with E-state index >= 15 is 0 Å². The maximum Gasteiger partial charge on any atom is 0.337 e. The number of oxime groups is 1. The molecule has 0 aromatic rings. The van der Waals surface area contributed by atoms with E-state index in [9.17, 15) is 4.57 Å². The highest BCUT2D eigenvalue weighted by Crippen LogP contribution is 2.48. The van der Waals surface area contributed by atoms with Gasteiger partial charge in [-0.05, 0) is 13.8 Å². The van der Waals surface area contributed by atoms with E-state index in [2.05, 4.69) is 5.16 Å². The maximum absolute atomic E-state index is 11.7. The van der Waals surface area contributed by atoms with Crippen molar-refractivity contribution in [1.82, 2.24) is 0 Å². The fraction of sp³-hybridized carbons (Fsp3) is 0.833. The Bertz CT molecular complexity index is 211. The number of hydrogen-bond acceptors (Lipinski definition) is 5. The van der Waals surface area contributed by atoms with Gasteiger partial charge in [0.2, 0.25) is 0 Å². The van der Waals surface area contributed by atoms with E-state index in [1.54, 1.807) is 13.8 Å². The van der Waals surface area contributed by atoms with Gasteiger partial charge in [-0.3, -0.25) is 4.57 Å². The van der Waals surface area contributed by atoms with Crippen molar-refractivity contribution < 1.29 is 18.8 Å². The van der Waals surface area contributed by atoms with Crippen LogP contribution in [-0.4, -0.2) is 29.8 Å². The third-order valence-corrected chi connectivity index (χ3v) is 3.47. The molecule has 13 heavy (non-hydrogen) atoms. The van der Waals surface area contributed by atoms with Gasteiger partial charge in [0.25, 0.3) is 0 Å². The molecule has 0 rings (SSSR count). The monoisotopic (exact) mass is 229 g/mol. The molecule has 5 nitrogen and oxygen atoms in total. The molecule has 0 radical (unpaired) electrons. The molecule has 0 amide bonds. The Hall–Kier alpha value is -0.0900. The summed E-state index contributed by atoms with van der Waals surface area (Å²) in [6.07, 6.45) is -0.202. The topological polar surface area (TPSA) is 68.1 Å². The SMILES string of the molecule is CCOP(=O)(C/C(Cl)=N\O)OCC. The van der Waals surface area contributed by atoms with Gasteiger partial charge >= 0.3 is 7.60 Å². The Labute approximate surface area is 82.2 Å². The summed E-state index contributed by atoms with van der Waals surface area (Å²) >= 11 is 5.39. The van der Waals surface area contributed by atoms with Crippen molar-refractivity contribution in [2.75, 3.05) is 19.4 Å². The first kappa shape index (κ1) is 12.9. The molecular weight excluding hydrogens is 216 g/mol. The summed E-state index contributed by atoms with van der Waals surface area (Å²) in [6, 6.07) is 0. The van der Waals surface area contributed by atoms with Gasteiger partial charge in [-0.15, -0.1) is 0 Å². The first-order chi connectivity index (χ1) is 6.08. The second-order valence-corrected chi connectivity index (χ2v) is 4.57. The van der Waals surface area contributed by atoms with Gasteiger partial charge in [0, 0.05) is 0 Å². The molecule has 0 aliphatic carbocycles. The molecule has 0 aliphatic rings. The van der Waals surface area contributed by atoms with Crippen LogP contribution in [-0.2, 0) is 13.6 Å². The number of rotatable bonds is 6. The lowest BCUT2D eigenvalue weighted by Gasteiger charge is -2.15. The molecule has 0 atom stereocenters. The van der Waals surface area contributed by atoms with E-state index in [1.165, 1.54) is 0 Å². The molecule has 1 N–H and O–H groups in total. The molecule has 0 unspecified atom stereocenters. The lowest BCUT2D eigenvalue weighted by atomic mass is 10.9. The fourth-order valence-electron chi connectivity index (χ4n) is 0.713. The van der Waals surface area contributed by atoms with Gasteiger partial charge in [0.1, 0.15) is 6.16 Å². The van der Waals surface area contributed by atoms with Crippen LogP contribution in [0.5, 0.6) is 0 Å². The third-order valence-electron chi connectivity index (χ3n) is 1.08. The lowest BCUT2D eigenvalue weighted by Crippen LogP contribution is -2.05. The quantitative estimate of drug-likeness (QED) is 0.328. The summed E-state index contributed by atoms with van der Waals surface area (Å²) < 4.78 is 21.5. The van der Waals surface area contributed by atoms with Gasteiger partial charge in [-0.2, -0.15) is 0 Å². The minimum absolute atomic E-state index is 0.190. The van der Waals surface area contributed by atoms with E-state index in [-0.39, 0.29) is 24.5 Å². The molecule has 0 aliphatic heterocycles. The predicted molar refractivity (Wildman–Crippen MR) is 50.8 cm³/mol. The Kier molecular flexibility index (Phi) is 6.33. The molecule has 0 bridgehead atoms. The van der Waals surface area contributed by atoms with Crippen LogP contribution in [0.2, 0.25) is 0 Å². The Morgan fingerprint density at radius 1 is 1.46 bits per heavy atom. The van der Waals surface area contributed by atoms with Gasteiger partial charge in [0.05, 0.1) is 13.2 Å². The van der Waals surface area contributed by atoms with Crippen LogP contribution < -0.4 is 0 Å². The fourth-order valence-corrected chi connectivity index (χ4v) is 2.58. The minimum atomic E-state index is -3.21. The van der Waals surface area contributed by atoms with E-state index in [4.69, 9.17) is 25.9 Å². The zero-order valence-electron chi connectivity index (χ0n) is 7.57. The Balaban J connectivity index is 4.32. The van der Waals surface area contributed by atoms with Crippen LogP contribution in [0.4, 0.5) is 0 Å². The minimum Gasteiger partial charge on any atom is -0.410 e. The highest BCUT2D eigenvalue weighted by Gasteiger charge is 2.25. The first-order valence-corrected chi connectivity index (χ1v) is 5.93. The Morgan fingerprint density at radius 3 is 2.23 bits per heavy atom. The zero-order chi connectivity index (χ0) is 10.3. The summed E-state index contributed by atoms with van der Waals surface area (Å²) in [6.45, 7) is 3.89. The molecule has 7 heteroatoms. The Morgan fingerprint density at radius 2 is 1.92 bits per heavy atom. The van der Waals surface area contributed by atoms with Crippen LogP contribution in [0, 0.1) is 0 Å². The lowest BCUT2D eigenvalue weighted by molar-refractivity contribution is 0.223. The first-order valence-electron chi connectivity index (χ1n) is 3.82. The summed E-state index contributed by atoms with van der Waals surface area (Å²) in [5, 5.41) is 10.8. The number of nitrogens with zero attached hydrogens (tertiary/aromatic N) is 1. The van der Waals surface area contributed by atoms with Gasteiger partial charge in [-0.1, -0.05) is 16.8 Å². The van der Waals surface area contributed by atoms with E-state index in [0.717, 1.165) is 0 Å². The van der Waals surface area contributed by atoms with E-state index < -0.39 is 7.60 Å². The van der Waals surface area contributed by atoms with E-state index in [1.807, 2.05) is 0 Å². The summed E-state index contributed by atoms with van der Waals surface area (Å²) in [5.74, 6) is 0. The van der Waals surface area contributed by atoms with Gasteiger partial charge < -0.3 is 14.3 Å². The summed E-state index contributed by atoms with van der Waals surface area (Å²) in [5.41, 5.74) is 0. The van der Waals surface area contributed by atoms with Crippen LogP contribution in [0.15, 0.2) is 5.16 Å². The smallest absolute Gasteiger partial charge is 0.337 e. The van der Waals surface area contributed by atoms with Crippen molar-refractivity contribution in [2.24, 2.45) is 5.16 Å². The standard InChI is InChI=1S/C6H13ClNO4P/c1-3-11-13(10,12-4-2)5-6(7)8-9/h9H,3-5H2,1-2H3/b8-6+. The largest absolute Gasteiger partial charge is 0.410 e. The molecule has 0 aromatic carbocycles. The summed E-state index contributed by atoms with van der Waals surface area (Å²) in [7, 11) is -3.21. The van der Waals surface area contributed by atoms with Crippen molar-refractivity contribution in [3.8, 4) is 0 Å². The van der Waals surface area contributed by atoms with Crippen molar-refractivity contribution in [1.29, 1.82) is 0 Å². The number of hydrogen-bond donors (Lipinski definition) is 1. The molecule has 0 aromatic heterocycles. The highest BCUT2D eigenvalue weighted by molar-refractivity contribution is 7.55. The molecule has 0 saturated carbocycles. The molecule has 0 heterocycles. The molecule has 0 saturated heterocycles. The highest BCUT2D eigenvalue weighted by atomic mass is 35.5. The zero-order valence-corrected chi connectivity index (χ0v) is 9.22. The van der Waals surface area contributed by atoms with Crippen LogP contribution in [0.25, 0.3) is 0 Å². The predicted octanol–water partition coefficient (Wildman–Crippen LogP) is 2.28. The second-order valence-electron chi connectivity index (χ2n) is 2.08. The molecule has 0 spiro atoms. The van der Waals surface area contributed by atoms with Gasteiger partial charge in [-0.25, -0.2) is 0 Å². The van der Waals surface area contributed by atoms with Crippen molar-refractivity contribution in [2.45, 2.75) is 13.8 Å². The van der Waals surface area contributed by atoms with Crippen molar-refractivity contribution >= 4 is 24.4 Å². The van der Waals surface area contributed by atoms with Crippen LogP contribution in [0.1, 0.15) is 13.8 Å². The third kappa shape index (κ3) is 5.26. The second kappa shape index (κ2) is 6.38. The van der Waals surface area contributed by atoms with Crippen molar-refractivity contribution in [3.63, 3.8) is 0 Å². The molecule has 0 fully saturated rings. The normalized spacial score (nSPS) is 13.3. The van der Waals surface area contributed by atoms with Crippen LogP contribution in [0.3, 0.4) is 0 Å².